The maximum atomic E-state index is 4.40. The highest BCUT2D eigenvalue weighted by Gasteiger charge is 2.02. The summed E-state index contributed by atoms with van der Waals surface area (Å²) in [6.07, 6.45) is 1.84. The predicted octanol–water partition coefficient (Wildman–Crippen LogP) is 3.45. The fourth-order valence-corrected chi connectivity index (χ4v) is 1.61. The molecule has 0 atom stereocenters. The standard InChI is InChI=1S/C14H17N3/c1-9-5-6-13(7-10(9)2)17-14-11(3)8-15-12(4)16-14/h5-8H,1-4H3,(H,15,16,17). The van der Waals surface area contributed by atoms with Crippen molar-refractivity contribution in [3.63, 3.8) is 0 Å². The minimum Gasteiger partial charge on any atom is -0.340 e. The van der Waals surface area contributed by atoms with E-state index in [-0.39, 0.29) is 0 Å². The third-order valence-corrected chi connectivity index (χ3v) is 2.86. The van der Waals surface area contributed by atoms with Crippen molar-refractivity contribution in [1.29, 1.82) is 0 Å². The van der Waals surface area contributed by atoms with E-state index in [4.69, 9.17) is 0 Å². The van der Waals surface area contributed by atoms with E-state index in [1.54, 1.807) is 0 Å². The van der Waals surface area contributed by atoms with E-state index >= 15 is 0 Å². The molecule has 0 amide bonds. The van der Waals surface area contributed by atoms with Crippen LogP contribution in [0.15, 0.2) is 24.4 Å². The van der Waals surface area contributed by atoms with Gasteiger partial charge in [-0.2, -0.15) is 0 Å². The number of hydrogen-bond acceptors (Lipinski definition) is 3. The van der Waals surface area contributed by atoms with Crippen molar-refractivity contribution < 1.29 is 0 Å². The van der Waals surface area contributed by atoms with Gasteiger partial charge in [-0.3, -0.25) is 0 Å². The molecule has 1 aromatic heterocycles. The summed E-state index contributed by atoms with van der Waals surface area (Å²) >= 11 is 0. The van der Waals surface area contributed by atoms with Gasteiger partial charge in [-0.15, -0.1) is 0 Å². The summed E-state index contributed by atoms with van der Waals surface area (Å²) < 4.78 is 0. The summed E-state index contributed by atoms with van der Waals surface area (Å²) in [6.45, 7) is 8.12. The van der Waals surface area contributed by atoms with Crippen LogP contribution < -0.4 is 5.32 Å². The molecule has 0 bridgehead atoms. The molecule has 3 nitrogen and oxygen atoms in total. The highest BCUT2D eigenvalue weighted by Crippen LogP contribution is 2.20. The van der Waals surface area contributed by atoms with Crippen molar-refractivity contribution in [2.24, 2.45) is 0 Å². The van der Waals surface area contributed by atoms with Crippen LogP contribution in [0.4, 0.5) is 11.5 Å². The number of aromatic nitrogens is 2. The van der Waals surface area contributed by atoms with Crippen LogP contribution in [-0.2, 0) is 0 Å². The second-order valence-corrected chi connectivity index (χ2v) is 4.37. The molecule has 1 N–H and O–H groups in total. The number of benzene rings is 1. The van der Waals surface area contributed by atoms with Crippen molar-refractivity contribution in [2.45, 2.75) is 27.7 Å². The first-order valence-electron chi connectivity index (χ1n) is 5.71. The minimum atomic E-state index is 0.780. The third-order valence-electron chi connectivity index (χ3n) is 2.86. The zero-order valence-corrected chi connectivity index (χ0v) is 10.7. The van der Waals surface area contributed by atoms with Gasteiger partial charge in [0, 0.05) is 17.4 Å². The van der Waals surface area contributed by atoms with Crippen molar-refractivity contribution in [3.8, 4) is 0 Å². The third kappa shape index (κ3) is 2.61. The normalized spacial score (nSPS) is 10.4. The zero-order valence-electron chi connectivity index (χ0n) is 10.7. The van der Waals surface area contributed by atoms with Gasteiger partial charge < -0.3 is 5.32 Å². The van der Waals surface area contributed by atoms with Gasteiger partial charge in [0.1, 0.15) is 11.6 Å². The van der Waals surface area contributed by atoms with Crippen LogP contribution in [0.25, 0.3) is 0 Å². The molecule has 0 aliphatic carbocycles. The first-order valence-corrected chi connectivity index (χ1v) is 5.71. The SMILES string of the molecule is Cc1ncc(C)c(Nc2ccc(C)c(C)c2)n1. The van der Waals surface area contributed by atoms with Gasteiger partial charge in [0.25, 0.3) is 0 Å². The number of nitrogens with zero attached hydrogens (tertiary/aromatic N) is 2. The lowest BCUT2D eigenvalue weighted by Gasteiger charge is -2.10. The Bertz CT molecular complexity index is 547. The summed E-state index contributed by atoms with van der Waals surface area (Å²) in [5.74, 6) is 1.66. The Morgan fingerprint density at radius 1 is 0.941 bits per heavy atom. The van der Waals surface area contributed by atoms with E-state index in [0.29, 0.717) is 0 Å². The van der Waals surface area contributed by atoms with Crippen molar-refractivity contribution in [1.82, 2.24) is 9.97 Å². The highest BCUT2D eigenvalue weighted by atomic mass is 15.0. The molecular formula is C14H17N3. The summed E-state index contributed by atoms with van der Waals surface area (Å²) in [4.78, 5) is 8.56. The molecule has 2 rings (SSSR count). The Kier molecular flexibility index (Phi) is 3.09. The molecule has 0 saturated heterocycles. The lowest BCUT2D eigenvalue weighted by Crippen LogP contribution is -2.00. The molecule has 0 fully saturated rings. The highest BCUT2D eigenvalue weighted by molar-refractivity contribution is 5.60. The van der Waals surface area contributed by atoms with Crippen LogP contribution in [0.1, 0.15) is 22.5 Å². The second-order valence-electron chi connectivity index (χ2n) is 4.37. The Labute approximate surface area is 102 Å². The number of aryl methyl sites for hydroxylation is 4. The Morgan fingerprint density at radius 2 is 1.71 bits per heavy atom. The van der Waals surface area contributed by atoms with Crippen LogP contribution in [0.5, 0.6) is 0 Å². The van der Waals surface area contributed by atoms with Crippen molar-refractivity contribution in [2.75, 3.05) is 5.32 Å². The molecule has 1 aromatic carbocycles. The van der Waals surface area contributed by atoms with Crippen LogP contribution in [0, 0.1) is 27.7 Å². The van der Waals surface area contributed by atoms with Crippen molar-refractivity contribution in [3.05, 3.63) is 46.9 Å². The summed E-state index contributed by atoms with van der Waals surface area (Å²) in [5, 5.41) is 3.33. The molecule has 17 heavy (non-hydrogen) atoms. The molecule has 0 saturated carbocycles. The van der Waals surface area contributed by atoms with Gasteiger partial charge in [0.05, 0.1) is 0 Å². The number of nitrogens with one attached hydrogen (secondary N) is 1. The Balaban J connectivity index is 2.31. The van der Waals surface area contributed by atoms with Crippen LogP contribution in [0.2, 0.25) is 0 Å². The monoisotopic (exact) mass is 227 g/mol. The van der Waals surface area contributed by atoms with E-state index < -0.39 is 0 Å². The van der Waals surface area contributed by atoms with Gasteiger partial charge in [0.2, 0.25) is 0 Å². The first-order chi connectivity index (χ1) is 8.06. The maximum absolute atomic E-state index is 4.40. The Hall–Kier alpha value is -1.90. The van der Waals surface area contributed by atoms with Crippen LogP contribution >= 0.6 is 0 Å². The van der Waals surface area contributed by atoms with E-state index in [9.17, 15) is 0 Å². The molecule has 0 aliphatic rings. The van der Waals surface area contributed by atoms with Gasteiger partial charge in [-0.05, 0) is 51.0 Å². The number of anilines is 2. The molecule has 0 unspecified atom stereocenters. The van der Waals surface area contributed by atoms with E-state index in [2.05, 4.69) is 47.3 Å². The fraction of sp³-hybridized carbons (Fsp3) is 0.286. The predicted molar refractivity (Wildman–Crippen MR) is 70.7 cm³/mol. The largest absolute Gasteiger partial charge is 0.340 e. The number of hydrogen-bond donors (Lipinski definition) is 1. The van der Waals surface area contributed by atoms with Gasteiger partial charge in [-0.25, -0.2) is 9.97 Å². The van der Waals surface area contributed by atoms with Gasteiger partial charge in [-0.1, -0.05) is 6.07 Å². The second kappa shape index (κ2) is 4.53. The molecule has 0 radical (unpaired) electrons. The smallest absolute Gasteiger partial charge is 0.136 e. The van der Waals surface area contributed by atoms with E-state index in [1.165, 1.54) is 11.1 Å². The lowest BCUT2D eigenvalue weighted by molar-refractivity contribution is 1.04. The molecule has 0 aliphatic heterocycles. The first kappa shape index (κ1) is 11.6. The Morgan fingerprint density at radius 3 is 2.41 bits per heavy atom. The topological polar surface area (TPSA) is 37.8 Å². The molecule has 2 aromatic rings. The van der Waals surface area contributed by atoms with Crippen LogP contribution in [-0.4, -0.2) is 9.97 Å². The molecule has 0 spiro atoms. The van der Waals surface area contributed by atoms with Crippen molar-refractivity contribution >= 4 is 11.5 Å². The summed E-state index contributed by atoms with van der Waals surface area (Å²) in [7, 11) is 0. The number of rotatable bonds is 2. The zero-order chi connectivity index (χ0) is 12.4. The fourth-order valence-electron chi connectivity index (χ4n) is 1.61. The molecule has 3 heteroatoms. The van der Waals surface area contributed by atoms with Crippen LogP contribution in [0.3, 0.4) is 0 Å². The average Bonchev–Trinajstić information content (AvgIpc) is 2.29. The van der Waals surface area contributed by atoms with E-state index in [1.807, 2.05) is 20.0 Å². The lowest BCUT2D eigenvalue weighted by atomic mass is 10.1. The molecule has 1 heterocycles. The van der Waals surface area contributed by atoms with Gasteiger partial charge in [0.15, 0.2) is 0 Å². The average molecular weight is 227 g/mol. The summed E-state index contributed by atoms with van der Waals surface area (Å²) in [6, 6.07) is 6.31. The summed E-state index contributed by atoms with van der Waals surface area (Å²) in [5.41, 5.74) is 4.69. The molecular weight excluding hydrogens is 210 g/mol. The van der Waals surface area contributed by atoms with Gasteiger partial charge >= 0.3 is 0 Å². The quantitative estimate of drug-likeness (QED) is 0.853. The van der Waals surface area contributed by atoms with E-state index in [0.717, 1.165) is 22.9 Å². The molecule has 88 valence electrons. The maximum Gasteiger partial charge on any atom is 0.136 e. The minimum absolute atomic E-state index is 0.780.